The van der Waals surface area contributed by atoms with Gasteiger partial charge in [-0.15, -0.1) is 11.8 Å². The van der Waals surface area contributed by atoms with Crippen molar-refractivity contribution < 1.29 is 4.42 Å². The third-order valence-electron chi connectivity index (χ3n) is 3.78. The van der Waals surface area contributed by atoms with E-state index in [0.717, 1.165) is 12.1 Å². The van der Waals surface area contributed by atoms with Gasteiger partial charge in [-0.25, -0.2) is 0 Å². The summed E-state index contributed by atoms with van der Waals surface area (Å²) in [4.78, 5) is 1.30. The Morgan fingerprint density at radius 3 is 2.62 bits per heavy atom. The molecule has 0 bridgehead atoms. The largest absolute Gasteiger partial charge is 0.464 e. The SMILES string of the molecule is CSc1ccc(C(C)NCc2coc3ccccc23)cc1. The summed E-state index contributed by atoms with van der Waals surface area (Å²) in [6, 6.07) is 17.2. The van der Waals surface area contributed by atoms with Crippen LogP contribution in [0.4, 0.5) is 0 Å². The number of para-hydroxylation sites is 1. The Morgan fingerprint density at radius 1 is 1.10 bits per heavy atom. The molecule has 108 valence electrons. The minimum Gasteiger partial charge on any atom is -0.464 e. The fourth-order valence-corrected chi connectivity index (χ4v) is 2.85. The molecule has 0 amide bonds. The number of rotatable bonds is 5. The maximum absolute atomic E-state index is 5.57. The Balaban J connectivity index is 1.68. The monoisotopic (exact) mass is 297 g/mol. The zero-order chi connectivity index (χ0) is 14.7. The van der Waals surface area contributed by atoms with Crippen molar-refractivity contribution in [3.63, 3.8) is 0 Å². The summed E-state index contributed by atoms with van der Waals surface area (Å²) >= 11 is 1.77. The van der Waals surface area contributed by atoms with Crippen molar-refractivity contribution in [2.24, 2.45) is 0 Å². The third-order valence-corrected chi connectivity index (χ3v) is 4.52. The summed E-state index contributed by atoms with van der Waals surface area (Å²) in [5, 5.41) is 4.75. The minimum absolute atomic E-state index is 0.314. The number of thioether (sulfide) groups is 1. The molecule has 1 unspecified atom stereocenters. The zero-order valence-corrected chi connectivity index (χ0v) is 13.1. The number of benzene rings is 2. The Hall–Kier alpha value is -1.71. The van der Waals surface area contributed by atoms with Crippen LogP contribution in [0.25, 0.3) is 11.0 Å². The van der Waals surface area contributed by atoms with Crippen molar-refractivity contribution in [2.45, 2.75) is 24.4 Å². The van der Waals surface area contributed by atoms with Crippen LogP contribution >= 0.6 is 11.8 Å². The van der Waals surface area contributed by atoms with Crippen molar-refractivity contribution in [3.05, 3.63) is 65.9 Å². The van der Waals surface area contributed by atoms with E-state index < -0.39 is 0 Å². The predicted octanol–water partition coefficient (Wildman–Crippen LogP) is 5.01. The highest BCUT2D eigenvalue weighted by molar-refractivity contribution is 7.98. The lowest BCUT2D eigenvalue weighted by molar-refractivity contribution is 0.562. The van der Waals surface area contributed by atoms with Gasteiger partial charge in [0.1, 0.15) is 5.58 Å². The molecule has 2 nitrogen and oxygen atoms in total. The molecule has 0 saturated heterocycles. The van der Waals surface area contributed by atoms with E-state index in [-0.39, 0.29) is 0 Å². The molecule has 2 aromatic carbocycles. The van der Waals surface area contributed by atoms with Gasteiger partial charge in [-0.1, -0.05) is 30.3 Å². The quantitative estimate of drug-likeness (QED) is 0.670. The maximum atomic E-state index is 5.57. The second kappa shape index (κ2) is 6.37. The standard InChI is InChI=1S/C18H19NOS/c1-13(14-7-9-16(21-2)10-8-14)19-11-15-12-20-18-6-4-3-5-17(15)18/h3-10,12-13,19H,11H2,1-2H3. The minimum atomic E-state index is 0.314. The predicted molar refractivity (Wildman–Crippen MR) is 89.7 cm³/mol. The number of hydrogen-bond donors (Lipinski definition) is 1. The highest BCUT2D eigenvalue weighted by atomic mass is 32.2. The smallest absolute Gasteiger partial charge is 0.134 e. The van der Waals surface area contributed by atoms with Gasteiger partial charge in [-0.05, 0) is 36.9 Å². The summed E-state index contributed by atoms with van der Waals surface area (Å²) in [6.45, 7) is 3.00. The van der Waals surface area contributed by atoms with Gasteiger partial charge in [0, 0.05) is 28.4 Å². The molecule has 1 atom stereocenters. The van der Waals surface area contributed by atoms with E-state index in [9.17, 15) is 0 Å². The van der Waals surface area contributed by atoms with E-state index in [1.54, 1.807) is 11.8 Å². The maximum Gasteiger partial charge on any atom is 0.134 e. The number of fused-ring (bicyclic) bond motifs is 1. The summed E-state index contributed by atoms with van der Waals surface area (Å²) in [5.74, 6) is 0. The Morgan fingerprint density at radius 2 is 1.86 bits per heavy atom. The highest BCUT2D eigenvalue weighted by Crippen LogP contribution is 2.22. The van der Waals surface area contributed by atoms with Gasteiger partial charge in [0.25, 0.3) is 0 Å². The summed E-state index contributed by atoms with van der Waals surface area (Å²) in [5.41, 5.74) is 3.46. The average molecular weight is 297 g/mol. The molecule has 0 aliphatic rings. The zero-order valence-electron chi connectivity index (χ0n) is 12.3. The van der Waals surface area contributed by atoms with Crippen LogP contribution in [-0.2, 0) is 6.54 Å². The lowest BCUT2D eigenvalue weighted by Crippen LogP contribution is -2.17. The fraction of sp³-hybridized carbons (Fsp3) is 0.222. The van der Waals surface area contributed by atoms with E-state index in [2.05, 4.69) is 48.8 Å². The number of hydrogen-bond acceptors (Lipinski definition) is 3. The molecule has 1 heterocycles. The molecular formula is C18H19NOS. The first kappa shape index (κ1) is 14.2. The van der Waals surface area contributed by atoms with Crippen LogP contribution < -0.4 is 5.32 Å². The van der Waals surface area contributed by atoms with Gasteiger partial charge in [-0.3, -0.25) is 0 Å². The van der Waals surface area contributed by atoms with Crippen molar-refractivity contribution in [1.29, 1.82) is 0 Å². The van der Waals surface area contributed by atoms with Crippen LogP contribution in [0.15, 0.2) is 64.1 Å². The van der Waals surface area contributed by atoms with E-state index in [1.165, 1.54) is 21.4 Å². The molecule has 1 N–H and O–H groups in total. The molecule has 21 heavy (non-hydrogen) atoms. The van der Waals surface area contributed by atoms with Crippen LogP contribution in [0, 0.1) is 0 Å². The Bertz CT molecular complexity index is 717. The molecule has 3 heteroatoms. The van der Waals surface area contributed by atoms with E-state index in [1.807, 2.05) is 24.5 Å². The van der Waals surface area contributed by atoms with Crippen molar-refractivity contribution in [2.75, 3.05) is 6.26 Å². The lowest BCUT2D eigenvalue weighted by atomic mass is 10.1. The Labute approximate surface area is 129 Å². The lowest BCUT2D eigenvalue weighted by Gasteiger charge is -2.14. The first-order chi connectivity index (χ1) is 10.3. The molecule has 3 aromatic rings. The topological polar surface area (TPSA) is 25.2 Å². The molecule has 0 fully saturated rings. The summed E-state index contributed by atoms with van der Waals surface area (Å²) < 4.78 is 5.57. The molecule has 0 aliphatic heterocycles. The summed E-state index contributed by atoms with van der Waals surface area (Å²) in [6.07, 6.45) is 3.95. The van der Waals surface area contributed by atoms with Gasteiger partial charge in [-0.2, -0.15) is 0 Å². The molecule has 3 rings (SSSR count). The van der Waals surface area contributed by atoms with Gasteiger partial charge in [0.2, 0.25) is 0 Å². The van der Waals surface area contributed by atoms with Crippen molar-refractivity contribution in [3.8, 4) is 0 Å². The van der Waals surface area contributed by atoms with Crippen LogP contribution in [0.2, 0.25) is 0 Å². The molecule has 0 saturated carbocycles. The van der Waals surface area contributed by atoms with Gasteiger partial charge >= 0.3 is 0 Å². The molecule has 0 aliphatic carbocycles. The van der Waals surface area contributed by atoms with Crippen molar-refractivity contribution >= 4 is 22.7 Å². The third kappa shape index (κ3) is 3.14. The van der Waals surface area contributed by atoms with Crippen molar-refractivity contribution in [1.82, 2.24) is 5.32 Å². The van der Waals surface area contributed by atoms with Gasteiger partial charge < -0.3 is 9.73 Å². The van der Waals surface area contributed by atoms with Crippen LogP contribution in [-0.4, -0.2) is 6.26 Å². The summed E-state index contributed by atoms with van der Waals surface area (Å²) in [7, 11) is 0. The van der Waals surface area contributed by atoms with Crippen LogP contribution in [0.1, 0.15) is 24.1 Å². The molecule has 0 spiro atoms. The van der Waals surface area contributed by atoms with E-state index >= 15 is 0 Å². The molecule has 0 radical (unpaired) electrons. The van der Waals surface area contributed by atoms with E-state index in [0.29, 0.717) is 6.04 Å². The number of nitrogens with one attached hydrogen (secondary N) is 1. The molecule has 1 aromatic heterocycles. The second-order valence-corrected chi connectivity index (χ2v) is 6.01. The average Bonchev–Trinajstić information content (AvgIpc) is 2.96. The first-order valence-corrected chi connectivity index (χ1v) is 8.33. The number of furan rings is 1. The van der Waals surface area contributed by atoms with E-state index in [4.69, 9.17) is 4.42 Å². The molecular weight excluding hydrogens is 278 g/mol. The highest BCUT2D eigenvalue weighted by Gasteiger charge is 2.08. The Kier molecular flexibility index (Phi) is 4.32. The first-order valence-electron chi connectivity index (χ1n) is 7.10. The fourth-order valence-electron chi connectivity index (χ4n) is 2.44. The normalized spacial score (nSPS) is 12.7. The van der Waals surface area contributed by atoms with Crippen LogP contribution in [0.5, 0.6) is 0 Å². The van der Waals surface area contributed by atoms with Crippen LogP contribution in [0.3, 0.4) is 0 Å². The second-order valence-electron chi connectivity index (χ2n) is 5.13. The van der Waals surface area contributed by atoms with Gasteiger partial charge in [0.15, 0.2) is 0 Å². The van der Waals surface area contributed by atoms with Gasteiger partial charge in [0.05, 0.1) is 6.26 Å².